The van der Waals surface area contributed by atoms with Crippen molar-refractivity contribution in [3.8, 4) is 5.75 Å². The van der Waals surface area contributed by atoms with Gasteiger partial charge in [0, 0.05) is 0 Å². The first-order chi connectivity index (χ1) is 8.54. The van der Waals surface area contributed by atoms with Gasteiger partial charge >= 0.3 is 5.97 Å². The lowest BCUT2D eigenvalue weighted by Gasteiger charge is -2.08. The van der Waals surface area contributed by atoms with Gasteiger partial charge in [-0.05, 0) is 31.2 Å². The van der Waals surface area contributed by atoms with E-state index in [1.54, 1.807) is 0 Å². The maximum Gasteiger partial charge on any atom is 0.335 e. The van der Waals surface area contributed by atoms with E-state index in [2.05, 4.69) is 10.6 Å². The highest BCUT2D eigenvalue weighted by molar-refractivity contribution is 5.96. The van der Waals surface area contributed by atoms with Crippen LogP contribution < -0.4 is 10.6 Å². The minimum atomic E-state index is -1.12. The Hall–Kier alpha value is -2.08. The molecule has 98 valence electrons. The Morgan fingerprint density at radius 3 is 2.67 bits per heavy atom. The number of phenols is 1. The fourth-order valence-electron chi connectivity index (χ4n) is 1.34. The molecule has 4 N–H and O–H groups in total. The number of rotatable bonds is 6. The quantitative estimate of drug-likeness (QED) is 0.447. The summed E-state index contributed by atoms with van der Waals surface area (Å²) >= 11 is 0. The summed E-state index contributed by atoms with van der Waals surface area (Å²) in [6.45, 7) is 2.81. The van der Waals surface area contributed by atoms with Crippen LogP contribution in [0, 0.1) is 0 Å². The van der Waals surface area contributed by atoms with E-state index in [1.165, 1.54) is 18.2 Å². The summed E-state index contributed by atoms with van der Waals surface area (Å²) in [5, 5.41) is 23.7. The van der Waals surface area contributed by atoms with Gasteiger partial charge in [-0.15, -0.1) is 0 Å². The third-order valence-electron chi connectivity index (χ3n) is 2.23. The van der Waals surface area contributed by atoms with Crippen molar-refractivity contribution < 1.29 is 19.8 Å². The summed E-state index contributed by atoms with van der Waals surface area (Å²) in [7, 11) is 0. The average molecular weight is 252 g/mol. The van der Waals surface area contributed by atoms with Crippen LogP contribution in [0.5, 0.6) is 5.75 Å². The Labute approximate surface area is 105 Å². The summed E-state index contributed by atoms with van der Waals surface area (Å²) in [6.07, 6.45) is 0.910. The smallest absolute Gasteiger partial charge is 0.335 e. The number of carbonyl (C=O) groups excluding carboxylic acids is 1. The summed E-state index contributed by atoms with van der Waals surface area (Å²) in [6, 6.07) is 3.72. The maximum atomic E-state index is 11.5. The zero-order valence-electron chi connectivity index (χ0n) is 10.1. The van der Waals surface area contributed by atoms with Crippen molar-refractivity contribution in [3.05, 3.63) is 23.8 Å². The molecule has 1 aromatic carbocycles. The number of nitrogens with one attached hydrogen (secondary N) is 2. The van der Waals surface area contributed by atoms with Crippen LogP contribution in [0.4, 0.5) is 5.69 Å². The third-order valence-corrected chi connectivity index (χ3v) is 2.23. The van der Waals surface area contributed by atoms with Gasteiger partial charge < -0.3 is 20.8 Å². The molecule has 0 aromatic heterocycles. The molecular formula is C12H16N2O4. The number of hydrogen-bond acceptors (Lipinski definition) is 4. The van der Waals surface area contributed by atoms with Crippen molar-refractivity contribution in [1.29, 1.82) is 0 Å². The molecule has 0 aliphatic rings. The highest BCUT2D eigenvalue weighted by Gasteiger charge is 2.10. The van der Waals surface area contributed by atoms with E-state index in [9.17, 15) is 14.7 Å². The van der Waals surface area contributed by atoms with Crippen LogP contribution in [0.15, 0.2) is 18.2 Å². The molecule has 1 rings (SSSR count). The van der Waals surface area contributed by atoms with Crippen molar-refractivity contribution in [3.63, 3.8) is 0 Å². The van der Waals surface area contributed by atoms with E-state index in [1.807, 2.05) is 6.92 Å². The number of hydrogen-bond donors (Lipinski definition) is 4. The highest BCUT2D eigenvalue weighted by atomic mass is 16.4. The zero-order valence-corrected chi connectivity index (χ0v) is 10.1. The number of carbonyl (C=O) groups is 2. The fourth-order valence-corrected chi connectivity index (χ4v) is 1.34. The Morgan fingerprint density at radius 1 is 1.33 bits per heavy atom. The predicted molar refractivity (Wildman–Crippen MR) is 66.9 cm³/mol. The summed E-state index contributed by atoms with van der Waals surface area (Å²) in [5.41, 5.74) is 0.0998. The van der Waals surface area contributed by atoms with Crippen LogP contribution in [0.1, 0.15) is 23.7 Å². The molecule has 0 saturated carbocycles. The molecule has 0 saturated heterocycles. The normalized spacial score (nSPS) is 10.1. The number of anilines is 1. The van der Waals surface area contributed by atoms with Crippen LogP contribution in [0.3, 0.4) is 0 Å². The SMILES string of the molecule is CCCNCC(=O)Nc1cc(C(=O)O)ccc1O. The summed E-state index contributed by atoms with van der Waals surface area (Å²) < 4.78 is 0. The Morgan fingerprint density at radius 2 is 2.06 bits per heavy atom. The Bertz CT molecular complexity index is 446. The van der Waals surface area contributed by atoms with Crippen LogP contribution in [-0.4, -0.2) is 35.2 Å². The molecule has 1 aromatic rings. The molecule has 0 bridgehead atoms. The van der Waals surface area contributed by atoms with Crippen molar-refractivity contribution in [2.45, 2.75) is 13.3 Å². The van der Waals surface area contributed by atoms with E-state index in [0.717, 1.165) is 6.42 Å². The number of carboxylic acid groups (broad SMARTS) is 1. The van der Waals surface area contributed by atoms with Crippen molar-refractivity contribution >= 4 is 17.6 Å². The molecule has 0 radical (unpaired) electrons. The van der Waals surface area contributed by atoms with Crippen molar-refractivity contribution in [1.82, 2.24) is 5.32 Å². The lowest BCUT2D eigenvalue weighted by Crippen LogP contribution is -2.28. The lowest BCUT2D eigenvalue weighted by atomic mass is 10.2. The minimum absolute atomic E-state index is 0.00428. The number of phenolic OH excluding ortho intramolecular Hbond substituents is 1. The van der Waals surface area contributed by atoms with Gasteiger partial charge in [0.15, 0.2) is 0 Å². The number of aromatic carboxylic acids is 1. The Balaban J connectivity index is 2.68. The topological polar surface area (TPSA) is 98.7 Å². The largest absolute Gasteiger partial charge is 0.506 e. The standard InChI is InChI=1S/C12H16N2O4/c1-2-5-13-7-11(16)14-9-6-8(12(17)18)3-4-10(9)15/h3-4,6,13,15H,2,5,7H2,1H3,(H,14,16)(H,17,18). The Kier molecular flexibility index (Phi) is 5.13. The van der Waals surface area contributed by atoms with Gasteiger partial charge in [-0.3, -0.25) is 4.79 Å². The van der Waals surface area contributed by atoms with Crippen LogP contribution >= 0.6 is 0 Å². The summed E-state index contributed by atoms with van der Waals surface area (Å²) in [4.78, 5) is 22.2. The predicted octanol–water partition coefficient (Wildman–Crippen LogP) is 1.03. The molecule has 0 spiro atoms. The van der Waals surface area contributed by atoms with Gasteiger partial charge in [-0.2, -0.15) is 0 Å². The van der Waals surface area contributed by atoms with Crippen LogP contribution in [0.2, 0.25) is 0 Å². The van der Waals surface area contributed by atoms with Crippen LogP contribution in [-0.2, 0) is 4.79 Å². The summed E-state index contributed by atoms with van der Waals surface area (Å²) in [5.74, 6) is -1.61. The molecule has 6 heteroatoms. The molecule has 0 heterocycles. The third kappa shape index (κ3) is 4.06. The molecule has 6 nitrogen and oxygen atoms in total. The number of amides is 1. The van der Waals surface area contributed by atoms with Gasteiger partial charge in [-0.25, -0.2) is 4.79 Å². The van der Waals surface area contributed by atoms with E-state index >= 15 is 0 Å². The number of benzene rings is 1. The minimum Gasteiger partial charge on any atom is -0.506 e. The maximum absolute atomic E-state index is 11.5. The van der Waals surface area contributed by atoms with E-state index in [-0.39, 0.29) is 29.5 Å². The first-order valence-electron chi connectivity index (χ1n) is 5.61. The van der Waals surface area contributed by atoms with E-state index in [0.29, 0.717) is 6.54 Å². The molecule has 0 fully saturated rings. The van der Waals surface area contributed by atoms with Gasteiger partial charge in [0.05, 0.1) is 17.8 Å². The van der Waals surface area contributed by atoms with Crippen molar-refractivity contribution in [2.75, 3.05) is 18.4 Å². The molecule has 0 aliphatic carbocycles. The molecular weight excluding hydrogens is 236 g/mol. The second kappa shape index (κ2) is 6.61. The number of aromatic hydroxyl groups is 1. The molecule has 0 atom stereocenters. The lowest BCUT2D eigenvalue weighted by molar-refractivity contribution is -0.115. The molecule has 18 heavy (non-hydrogen) atoms. The molecule has 0 unspecified atom stereocenters. The van der Waals surface area contributed by atoms with Crippen LogP contribution in [0.25, 0.3) is 0 Å². The average Bonchev–Trinajstić information content (AvgIpc) is 2.32. The van der Waals surface area contributed by atoms with Gasteiger partial charge in [-0.1, -0.05) is 6.92 Å². The fraction of sp³-hybridized carbons (Fsp3) is 0.333. The first-order valence-corrected chi connectivity index (χ1v) is 5.61. The van der Waals surface area contributed by atoms with E-state index < -0.39 is 5.97 Å². The zero-order chi connectivity index (χ0) is 13.5. The highest BCUT2D eigenvalue weighted by Crippen LogP contribution is 2.24. The first kappa shape index (κ1) is 14.0. The van der Waals surface area contributed by atoms with E-state index in [4.69, 9.17) is 5.11 Å². The van der Waals surface area contributed by atoms with Gasteiger partial charge in [0.1, 0.15) is 5.75 Å². The molecule has 1 amide bonds. The number of carboxylic acids is 1. The monoisotopic (exact) mass is 252 g/mol. The molecule has 0 aliphatic heterocycles. The second-order valence-electron chi connectivity index (χ2n) is 3.76. The van der Waals surface area contributed by atoms with Gasteiger partial charge in [0.25, 0.3) is 0 Å². The van der Waals surface area contributed by atoms with Gasteiger partial charge in [0.2, 0.25) is 5.91 Å². The second-order valence-corrected chi connectivity index (χ2v) is 3.76. The van der Waals surface area contributed by atoms with Crippen molar-refractivity contribution in [2.24, 2.45) is 0 Å².